The van der Waals surface area contributed by atoms with Crippen molar-refractivity contribution < 1.29 is 4.79 Å². The standard InChI is InChI=1S/C12H12BrClO/c13-11-6-5-9(14)7-10(11)12(15)8-3-1-2-4-8/h5-8H,1-4H2. The van der Waals surface area contributed by atoms with Gasteiger partial charge < -0.3 is 0 Å². The molecule has 80 valence electrons. The molecule has 1 aromatic carbocycles. The molecule has 0 spiro atoms. The highest BCUT2D eigenvalue weighted by molar-refractivity contribution is 9.10. The van der Waals surface area contributed by atoms with Gasteiger partial charge in [0.2, 0.25) is 0 Å². The van der Waals surface area contributed by atoms with Crippen LogP contribution < -0.4 is 0 Å². The predicted molar refractivity (Wildman–Crippen MR) is 65.4 cm³/mol. The molecule has 3 heteroatoms. The molecule has 0 saturated heterocycles. The van der Waals surface area contributed by atoms with Gasteiger partial charge in [-0.25, -0.2) is 0 Å². The number of Topliss-reactive ketones (excluding diaryl/α,β-unsaturated/α-hetero) is 1. The molecule has 0 aromatic heterocycles. The van der Waals surface area contributed by atoms with Crippen LogP contribution >= 0.6 is 27.5 Å². The monoisotopic (exact) mass is 286 g/mol. The normalized spacial score (nSPS) is 16.9. The minimum atomic E-state index is 0.208. The highest BCUT2D eigenvalue weighted by Gasteiger charge is 2.25. The second kappa shape index (κ2) is 4.67. The fraction of sp³-hybridized carbons (Fsp3) is 0.417. The Labute approximate surface area is 103 Å². The number of hydrogen-bond donors (Lipinski definition) is 0. The molecule has 0 amide bonds. The molecule has 1 saturated carbocycles. The van der Waals surface area contributed by atoms with Crippen molar-refractivity contribution in [2.75, 3.05) is 0 Å². The van der Waals surface area contributed by atoms with Gasteiger partial charge in [0.25, 0.3) is 0 Å². The van der Waals surface area contributed by atoms with Crippen LogP contribution in [0.1, 0.15) is 36.0 Å². The minimum absolute atomic E-state index is 0.208. The summed E-state index contributed by atoms with van der Waals surface area (Å²) in [6.45, 7) is 0. The topological polar surface area (TPSA) is 17.1 Å². The van der Waals surface area contributed by atoms with Gasteiger partial charge in [-0.05, 0) is 31.0 Å². The van der Waals surface area contributed by atoms with E-state index in [2.05, 4.69) is 15.9 Å². The lowest BCUT2D eigenvalue weighted by molar-refractivity contribution is 0.0922. The molecule has 2 rings (SSSR count). The van der Waals surface area contributed by atoms with Gasteiger partial charge in [0.05, 0.1) is 0 Å². The lowest BCUT2D eigenvalue weighted by Crippen LogP contribution is -2.11. The molecule has 1 fully saturated rings. The molecule has 1 aliphatic rings. The number of rotatable bonds is 2. The highest BCUT2D eigenvalue weighted by Crippen LogP contribution is 2.31. The summed E-state index contributed by atoms with van der Waals surface area (Å²) in [6, 6.07) is 5.38. The first-order valence-electron chi connectivity index (χ1n) is 5.18. The zero-order valence-electron chi connectivity index (χ0n) is 8.30. The lowest BCUT2D eigenvalue weighted by Gasteiger charge is -2.09. The third-order valence-corrected chi connectivity index (χ3v) is 3.85. The predicted octanol–water partition coefficient (Wildman–Crippen LogP) is 4.48. The van der Waals surface area contributed by atoms with E-state index in [0.29, 0.717) is 5.02 Å². The zero-order valence-corrected chi connectivity index (χ0v) is 10.6. The Kier molecular flexibility index (Phi) is 3.47. The fourth-order valence-electron chi connectivity index (χ4n) is 2.09. The van der Waals surface area contributed by atoms with Gasteiger partial charge in [-0.15, -0.1) is 0 Å². The summed E-state index contributed by atoms with van der Waals surface area (Å²) in [4.78, 5) is 12.1. The Bertz CT molecular complexity index is 383. The highest BCUT2D eigenvalue weighted by atomic mass is 79.9. The van der Waals surface area contributed by atoms with Crippen molar-refractivity contribution in [1.82, 2.24) is 0 Å². The van der Waals surface area contributed by atoms with Crippen LogP contribution in [0.2, 0.25) is 5.02 Å². The van der Waals surface area contributed by atoms with Crippen LogP contribution in [-0.2, 0) is 0 Å². The van der Waals surface area contributed by atoms with Crippen molar-refractivity contribution in [1.29, 1.82) is 0 Å². The van der Waals surface area contributed by atoms with Crippen molar-refractivity contribution in [2.45, 2.75) is 25.7 Å². The third kappa shape index (κ3) is 2.43. The van der Waals surface area contributed by atoms with E-state index in [-0.39, 0.29) is 11.7 Å². The molecule has 1 nitrogen and oxygen atoms in total. The number of carbonyl (C=O) groups excluding carboxylic acids is 1. The molecule has 0 N–H and O–H groups in total. The molecule has 15 heavy (non-hydrogen) atoms. The van der Waals surface area contributed by atoms with Gasteiger partial charge in [0, 0.05) is 21.0 Å². The second-order valence-electron chi connectivity index (χ2n) is 3.97. The average Bonchev–Trinajstić information content (AvgIpc) is 2.74. The van der Waals surface area contributed by atoms with Gasteiger partial charge in [-0.2, -0.15) is 0 Å². The van der Waals surface area contributed by atoms with E-state index in [9.17, 15) is 4.79 Å². The van der Waals surface area contributed by atoms with Crippen molar-refractivity contribution in [3.8, 4) is 0 Å². The maximum absolute atomic E-state index is 12.1. The molecule has 0 bridgehead atoms. The summed E-state index contributed by atoms with van der Waals surface area (Å²) < 4.78 is 0.851. The SMILES string of the molecule is O=C(c1cc(Cl)ccc1Br)C1CCCC1. The van der Waals surface area contributed by atoms with Gasteiger partial charge in [0.15, 0.2) is 5.78 Å². The summed E-state index contributed by atoms with van der Waals surface area (Å²) in [5.41, 5.74) is 0.731. The summed E-state index contributed by atoms with van der Waals surface area (Å²) in [5, 5.41) is 0.625. The quantitative estimate of drug-likeness (QED) is 0.733. The van der Waals surface area contributed by atoms with E-state index >= 15 is 0 Å². The summed E-state index contributed by atoms with van der Waals surface area (Å²) in [5.74, 6) is 0.446. The van der Waals surface area contributed by atoms with Crippen LogP contribution in [0.3, 0.4) is 0 Å². The summed E-state index contributed by atoms with van der Waals surface area (Å²) in [7, 11) is 0. The Morgan fingerprint density at radius 3 is 2.67 bits per heavy atom. The van der Waals surface area contributed by atoms with E-state index < -0.39 is 0 Å². The number of benzene rings is 1. The van der Waals surface area contributed by atoms with Crippen LogP contribution in [0.25, 0.3) is 0 Å². The van der Waals surface area contributed by atoms with Crippen LogP contribution in [-0.4, -0.2) is 5.78 Å². The molecular weight excluding hydrogens is 275 g/mol. The van der Waals surface area contributed by atoms with E-state index in [1.807, 2.05) is 6.07 Å². The third-order valence-electron chi connectivity index (χ3n) is 2.92. The van der Waals surface area contributed by atoms with Crippen molar-refractivity contribution in [2.24, 2.45) is 5.92 Å². The number of ketones is 1. The maximum Gasteiger partial charge on any atom is 0.167 e. The molecule has 0 heterocycles. The van der Waals surface area contributed by atoms with Crippen molar-refractivity contribution in [3.63, 3.8) is 0 Å². The molecule has 1 aliphatic carbocycles. The Morgan fingerprint density at radius 1 is 1.33 bits per heavy atom. The first-order chi connectivity index (χ1) is 7.18. The molecular formula is C12H12BrClO. The molecule has 0 unspecified atom stereocenters. The molecule has 0 aliphatic heterocycles. The van der Waals surface area contributed by atoms with Gasteiger partial charge >= 0.3 is 0 Å². The van der Waals surface area contributed by atoms with Crippen molar-refractivity contribution >= 4 is 33.3 Å². The van der Waals surface area contributed by atoms with E-state index in [1.165, 1.54) is 12.8 Å². The van der Waals surface area contributed by atoms with Crippen LogP contribution in [0.4, 0.5) is 0 Å². The summed E-state index contributed by atoms with van der Waals surface area (Å²) in [6.07, 6.45) is 4.40. The lowest BCUT2D eigenvalue weighted by atomic mass is 9.96. The zero-order chi connectivity index (χ0) is 10.8. The smallest absolute Gasteiger partial charge is 0.167 e. The molecule has 0 atom stereocenters. The first-order valence-corrected chi connectivity index (χ1v) is 6.35. The number of carbonyl (C=O) groups is 1. The summed E-state index contributed by atoms with van der Waals surface area (Å²) >= 11 is 9.29. The minimum Gasteiger partial charge on any atom is -0.294 e. The van der Waals surface area contributed by atoms with Crippen LogP contribution in [0, 0.1) is 5.92 Å². The average molecular weight is 288 g/mol. The Hall–Kier alpha value is -0.340. The van der Waals surface area contributed by atoms with Crippen LogP contribution in [0.5, 0.6) is 0 Å². The number of hydrogen-bond acceptors (Lipinski definition) is 1. The van der Waals surface area contributed by atoms with E-state index in [1.54, 1.807) is 12.1 Å². The molecule has 1 aromatic rings. The Balaban J connectivity index is 2.27. The van der Waals surface area contributed by atoms with E-state index in [0.717, 1.165) is 22.9 Å². The van der Waals surface area contributed by atoms with Crippen molar-refractivity contribution in [3.05, 3.63) is 33.3 Å². The second-order valence-corrected chi connectivity index (χ2v) is 5.26. The first kappa shape index (κ1) is 11.2. The van der Waals surface area contributed by atoms with Gasteiger partial charge in [-0.3, -0.25) is 4.79 Å². The van der Waals surface area contributed by atoms with E-state index in [4.69, 9.17) is 11.6 Å². The molecule has 0 radical (unpaired) electrons. The maximum atomic E-state index is 12.1. The fourth-order valence-corrected chi connectivity index (χ4v) is 2.71. The van der Waals surface area contributed by atoms with Crippen LogP contribution in [0.15, 0.2) is 22.7 Å². The largest absolute Gasteiger partial charge is 0.294 e. The van der Waals surface area contributed by atoms with Gasteiger partial charge in [-0.1, -0.05) is 40.4 Å². The number of halogens is 2. The van der Waals surface area contributed by atoms with Gasteiger partial charge in [0.1, 0.15) is 0 Å². The Morgan fingerprint density at radius 2 is 2.00 bits per heavy atom.